The van der Waals surface area contributed by atoms with E-state index in [-0.39, 0.29) is 5.76 Å². The van der Waals surface area contributed by atoms with Crippen molar-refractivity contribution >= 4 is 17.7 Å². The molecule has 1 aliphatic rings. The second kappa shape index (κ2) is 6.29. The van der Waals surface area contributed by atoms with Gasteiger partial charge in [0.05, 0.1) is 6.54 Å². The largest absolute Gasteiger partial charge is 0.475 e. The van der Waals surface area contributed by atoms with E-state index in [1.807, 2.05) is 11.8 Å². The molecule has 2 rings (SSSR count). The van der Waals surface area contributed by atoms with E-state index >= 15 is 0 Å². The molecule has 1 fully saturated rings. The number of rotatable bonds is 5. The molecule has 1 saturated carbocycles. The number of carboxylic acid groups (broad SMARTS) is 1. The predicted octanol–water partition coefficient (Wildman–Crippen LogP) is 2.74. The molecule has 0 saturated heterocycles. The van der Waals surface area contributed by atoms with Gasteiger partial charge >= 0.3 is 5.97 Å². The van der Waals surface area contributed by atoms with Gasteiger partial charge in [0.2, 0.25) is 5.76 Å². The van der Waals surface area contributed by atoms with Gasteiger partial charge in [-0.2, -0.15) is 11.8 Å². The molecule has 18 heavy (non-hydrogen) atoms. The Balaban J connectivity index is 1.81. The first-order chi connectivity index (χ1) is 8.69. The molecular weight excluding hydrogens is 250 g/mol. The number of thioether (sulfide) groups is 1. The predicted molar refractivity (Wildman–Crippen MR) is 72.1 cm³/mol. The number of carboxylic acids is 1. The molecule has 1 heterocycles. The zero-order valence-corrected chi connectivity index (χ0v) is 11.3. The van der Waals surface area contributed by atoms with Crippen molar-refractivity contribution in [1.82, 2.24) is 5.32 Å². The number of nitrogens with one attached hydrogen (secondary N) is 1. The van der Waals surface area contributed by atoms with Gasteiger partial charge in [0.15, 0.2) is 0 Å². The fraction of sp³-hybridized carbons (Fsp3) is 0.615. The summed E-state index contributed by atoms with van der Waals surface area (Å²) in [5.74, 6) is -0.308. The summed E-state index contributed by atoms with van der Waals surface area (Å²) >= 11 is 1.94. The summed E-state index contributed by atoms with van der Waals surface area (Å²) in [5, 5.41) is 13.0. The van der Waals surface area contributed by atoms with Gasteiger partial charge in [-0.05, 0) is 37.7 Å². The standard InChI is InChI=1S/C13H19NO3S/c1-18-11-4-2-3-9(7-11)14-8-10-5-6-12(17-10)13(15)16/h5-6,9,11,14H,2-4,7-8H2,1H3,(H,15,16). The van der Waals surface area contributed by atoms with E-state index in [4.69, 9.17) is 9.52 Å². The SMILES string of the molecule is CSC1CCCC(NCc2ccc(C(=O)O)o2)C1. The summed E-state index contributed by atoms with van der Waals surface area (Å²) in [4.78, 5) is 10.7. The van der Waals surface area contributed by atoms with Crippen molar-refractivity contribution < 1.29 is 14.3 Å². The number of hydrogen-bond donors (Lipinski definition) is 2. The third-order valence-electron chi connectivity index (χ3n) is 3.40. The number of hydrogen-bond acceptors (Lipinski definition) is 4. The van der Waals surface area contributed by atoms with Crippen LogP contribution in [0.5, 0.6) is 0 Å². The van der Waals surface area contributed by atoms with E-state index < -0.39 is 5.97 Å². The van der Waals surface area contributed by atoms with Gasteiger partial charge in [-0.1, -0.05) is 6.42 Å². The van der Waals surface area contributed by atoms with E-state index in [2.05, 4.69) is 11.6 Å². The lowest BCUT2D eigenvalue weighted by atomic mass is 9.95. The van der Waals surface area contributed by atoms with E-state index in [9.17, 15) is 4.79 Å². The Labute approximate surface area is 111 Å². The maximum absolute atomic E-state index is 10.7. The van der Waals surface area contributed by atoms with Crippen LogP contribution >= 0.6 is 11.8 Å². The fourth-order valence-corrected chi connectivity index (χ4v) is 3.20. The highest BCUT2D eigenvalue weighted by atomic mass is 32.2. The average molecular weight is 269 g/mol. The summed E-state index contributed by atoms with van der Waals surface area (Å²) in [7, 11) is 0. The summed E-state index contributed by atoms with van der Waals surface area (Å²) in [6.45, 7) is 0.610. The number of carbonyl (C=O) groups is 1. The lowest BCUT2D eigenvalue weighted by molar-refractivity contribution is 0.0660. The lowest BCUT2D eigenvalue weighted by Crippen LogP contribution is -2.34. The monoisotopic (exact) mass is 269 g/mol. The molecule has 0 spiro atoms. The van der Waals surface area contributed by atoms with Crippen LogP contribution in [0.25, 0.3) is 0 Å². The van der Waals surface area contributed by atoms with Crippen molar-refractivity contribution in [1.29, 1.82) is 0 Å². The first kappa shape index (κ1) is 13.5. The van der Waals surface area contributed by atoms with Gasteiger partial charge in [0, 0.05) is 11.3 Å². The summed E-state index contributed by atoms with van der Waals surface area (Å²) in [5.41, 5.74) is 0. The van der Waals surface area contributed by atoms with Crippen LogP contribution in [0.1, 0.15) is 42.0 Å². The first-order valence-corrected chi connectivity index (χ1v) is 7.56. The van der Waals surface area contributed by atoms with Crippen molar-refractivity contribution in [3.63, 3.8) is 0 Å². The molecule has 1 aromatic heterocycles. The Bertz CT molecular complexity index is 405. The van der Waals surface area contributed by atoms with E-state index in [1.54, 1.807) is 6.07 Å². The highest BCUT2D eigenvalue weighted by Gasteiger charge is 2.21. The maximum atomic E-state index is 10.7. The minimum atomic E-state index is -1.01. The van der Waals surface area contributed by atoms with Gasteiger partial charge < -0.3 is 14.8 Å². The zero-order chi connectivity index (χ0) is 13.0. The Morgan fingerprint density at radius 3 is 3.06 bits per heavy atom. The Morgan fingerprint density at radius 2 is 2.39 bits per heavy atom. The van der Waals surface area contributed by atoms with Crippen LogP contribution in [-0.2, 0) is 6.54 Å². The van der Waals surface area contributed by atoms with Crippen LogP contribution in [0.2, 0.25) is 0 Å². The van der Waals surface area contributed by atoms with E-state index in [0.717, 1.165) is 5.25 Å². The van der Waals surface area contributed by atoms with Gasteiger partial charge in [0.1, 0.15) is 5.76 Å². The van der Waals surface area contributed by atoms with Crippen molar-refractivity contribution in [2.75, 3.05) is 6.26 Å². The minimum absolute atomic E-state index is 0.0115. The highest BCUT2D eigenvalue weighted by Crippen LogP contribution is 2.27. The van der Waals surface area contributed by atoms with Crippen molar-refractivity contribution in [2.24, 2.45) is 0 Å². The molecule has 0 aromatic carbocycles. The first-order valence-electron chi connectivity index (χ1n) is 6.27. The summed E-state index contributed by atoms with van der Waals surface area (Å²) in [6, 6.07) is 3.76. The molecule has 0 bridgehead atoms. The lowest BCUT2D eigenvalue weighted by Gasteiger charge is -2.28. The van der Waals surface area contributed by atoms with Gasteiger partial charge in [-0.15, -0.1) is 0 Å². The molecule has 4 nitrogen and oxygen atoms in total. The van der Waals surface area contributed by atoms with E-state index in [0.29, 0.717) is 18.3 Å². The zero-order valence-electron chi connectivity index (χ0n) is 10.5. The fourth-order valence-electron chi connectivity index (χ4n) is 2.38. The third kappa shape index (κ3) is 3.53. The van der Waals surface area contributed by atoms with Crippen molar-refractivity contribution in [3.05, 3.63) is 23.7 Å². The van der Waals surface area contributed by atoms with Crippen LogP contribution in [0, 0.1) is 0 Å². The highest BCUT2D eigenvalue weighted by molar-refractivity contribution is 7.99. The molecular formula is C13H19NO3S. The second-order valence-corrected chi connectivity index (χ2v) is 5.81. The Morgan fingerprint density at radius 1 is 1.56 bits per heavy atom. The molecule has 2 N–H and O–H groups in total. The molecule has 0 radical (unpaired) electrons. The van der Waals surface area contributed by atoms with Gasteiger partial charge in [-0.25, -0.2) is 4.79 Å². The third-order valence-corrected chi connectivity index (χ3v) is 4.49. The second-order valence-electron chi connectivity index (χ2n) is 4.67. The van der Waals surface area contributed by atoms with Crippen molar-refractivity contribution in [2.45, 2.75) is 43.5 Å². The summed E-state index contributed by atoms with van der Waals surface area (Å²) in [6.07, 6.45) is 7.13. The molecule has 1 aliphatic carbocycles. The summed E-state index contributed by atoms with van der Waals surface area (Å²) < 4.78 is 5.22. The smallest absolute Gasteiger partial charge is 0.371 e. The van der Waals surface area contributed by atoms with Crippen LogP contribution in [0.15, 0.2) is 16.5 Å². The van der Waals surface area contributed by atoms with Gasteiger partial charge in [-0.3, -0.25) is 0 Å². The van der Waals surface area contributed by atoms with Crippen LogP contribution in [0.4, 0.5) is 0 Å². The molecule has 1 aromatic rings. The van der Waals surface area contributed by atoms with E-state index in [1.165, 1.54) is 31.7 Å². The molecule has 100 valence electrons. The van der Waals surface area contributed by atoms with Crippen LogP contribution in [0.3, 0.4) is 0 Å². The maximum Gasteiger partial charge on any atom is 0.371 e. The average Bonchev–Trinajstić information content (AvgIpc) is 2.85. The van der Waals surface area contributed by atoms with Crippen LogP contribution in [-0.4, -0.2) is 28.6 Å². The molecule has 5 heteroatoms. The molecule has 0 aliphatic heterocycles. The number of furan rings is 1. The van der Waals surface area contributed by atoms with Gasteiger partial charge in [0.25, 0.3) is 0 Å². The molecule has 2 unspecified atom stereocenters. The topological polar surface area (TPSA) is 62.5 Å². The normalized spacial score (nSPS) is 24.1. The Kier molecular flexibility index (Phi) is 4.72. The van der Waals surface area contributed by atoms with Crippen molar-refractivity contribution in [3.8, 4) is 0 Å². The number of aromatic carboxylic acids is 1. The molecule has 2 atom stereocenters. The Hall–Kier alpha value is -0.940. The van der Waals surface area contributed by atoms with Crippen LogP contribution < -0.4 is 5.32 Å². The molecule has 0 amide bonds. The quantitative estimate of drug-likeness (QED) is 0.860. The minimum Gasteiger partial charge on any atom is -0.475 e.